The largest absolute Gasteiger partial charge is 0.338 e. The maximum absolute atomic E-state index is 13.7. The summed E-state index contributed by atoms with van der Waals surface area (Å²) in [6, 6.07) is 5.52. The molecule has 1 unspecified atom stereocenters. The third-order valence-electron chi connectivity index (χ3n) is 4.08. The van der Waals surface area contributed by atoms with Gasteiger partial charge in [-0.15, -0.1) is 0 Å². The summed E-state index contributed by atoms with van der Waals surface area (Å²) in [4.78, 5) is 8.84. The summed E-state index contributed by atoms with van der Waals surface area (Å²) in [7, 11) is 0. The molecule has 1 aromatic carbocycles. The van der Waals surface area contributed by atoms with Crippen molar-refractivity contribution < 1.29 is 8.91 Å². The maximum Gasteiger partial charge on any atom is 0.240 e. The molecule has 1 atom stereocenters. The molecule has 0 amide bonds. The van der Waals surface area contributed by atoms with Crippen LogP contribution in [-0.2, 0) is 0 Å². The van der Waals surface area contributed by atoms with E-state index in [1.54, 1.807) is 30.8 Å². The highest BCUT2D eigenvalue weighted by Gasteiger charge is 2.27. The van der Waals surface area contributed by atoms with Gasteiger partial charge in [0.15, 0.2) is 5.16 Å². The van der Waals surface area contributed by atoms with E-state index in [4.69, 9.17) is 4.52 Å². The third kappa shape index (κ3) is 2.96. The Balaban J connectivity index is 1.53. The van der Waals surface area contributed by atoms with Gasteiger partial charge in [-0.2, -0.15) is 4.98 Å². The molecule has 1 aliphatic carbocycles. The highest BCUT2D eigenvalue weighted by molar-refractivity contribution is 7.99. The molecule has 3 aromatic rings. The highest BCUT2D eigenvalue weighted by Crippen LogP contribution is 2.41. The molecule has 5 nitrogen and oxygen atoms in total. The summed E-state index contributed by atoms with van der Waals surface area (Å²) in [6.45, 7) is 3.73. The summed E-state index contributed by atoms with van der Waals surface area (Å²) in [5, 5.41) is 4.92. The molecule has 0 bridgehead atoms. The summed E-state index contributed by atoms with van der Waals surface area (Å²) in [5.41, 5.74) is 1.21. The molecule has 2 aromatic heterocycles. The molecule has 4 rings (SSSR count). The van der Waals surface area contributed by atoms with Gasteiger partial charge in [-0.05, 0) is 38.3 Å². The summed E-state index contributed by atoms with van der Waals surface area (Å²) in [6.07, 6.45) is 6.26. The first-order valence-electron chi connectivity index (χ1n) is 7.91. The van der Waals surface area contributed by atoms with E-state index in [1.807, 2.05) is 19.3 Å². The van der Waals surface area contributed by atoms with Crippen LogP contribution in [0.2, 0.25) is 0 Å². The Hall–Kier alpha value is -2.15. The Labute approximate surface area is 143 Å². The standard InChI is InChI=1S/C17H17FN4OS/c1-10-3-4-12(9-14(10)18)15-20-16(23-21-15)11(2)24-17-19-7-8-22(17)13-5-6-13/h3-4,7-9,11,13H,5-6H2,1-2H3. The molecular weight excluding hydrogens is 327 g/mol. The van der Waals surface area contributed by atoms with Crippen LogP contribution in [0.15, 0.2) is 40.3 Å². The lowest BCUT2D eigenvalue weighted by Crippen LogP contribution is -1.97. The van der Waals surface area contributed by atoms with Crippen molar-refractivity contribution in [3.63, 3.8) is 0 Å². The van der Waals surface area contributed by atoms with Crippen molar-refractivity contribution >= 4 is 11.8 Å². The van der Waals surface area contributed by atoms with Gasteiger partial charge in [0.1, 0.15) is 5.82 Å². The molecule has 0 radical (unpaired) electrons. The molecule has 1 aliphatic rings. The number of benzene rings is 1. The van der Waals surface area contributed by atoms with Gasteiger partial charge in [-0.3, -0.25) is 0 Å². The number of imidazole rings is 1. The molecule has 7 heteroatoms. The number of nitrogens with zero attached hydrogens (tertiary/aromatic N) is 4. The lowest BCUT2D eigenvalue weighted by Gasteiger charge is -2.08. The maximum atomic E-state index is 13.7. The van der Waals surface area contributed by atoms with Gasteiger partial charge in [0.2, 0.25) is 11.7 Å². The van der Waals surface area contributed by atoms with Gasteiger partial charge in [-0.1, -0.05) is 29.1 Å². The lowest BCUT2D eigenvalue weighted by molar-refractivity contribution is 0.380. The van der Waals surface area contributed by atoms with E-state index < -0.39 is 0 Å². The van der Waals surface area contributed by atoms with Crippen molar-refractivity contribution in [1.82, 2.24) is 19.7 Å². The quantitative estimate of drug-likeness (QED) is 0.635. The highest BCUT2D eigenvalue weighted by atomic mass is 32.2. The molecule has 0 aliphatic heterocycles. The topological polar surface area (TPSA) is 56.7 Å². The predicted molar refractivity (Wildman–Crippen MR) is 89.2 cm³/mol. The molecule has 124 valence electrons. The zero-order valence-corrected chi connectivity index (χ0v) is 14.3. The Kier molecular flexibility index (Phi) is 3.88. The number of rotatable bonds is 5. The van der Waals surface area contributed by atoms with Crippen molar-refractivity contribution in [2.24, 2.45) is 0 Å². The van der Waals surface area contributed by atoms with Crippen LogP contribution in [0, 0.1) is 12.7 Å². The Morgan fingerprint density at radius 2 is 2.21 bits per heavy atom. The normalized spacial score (nSPS) is 15.6. The van der Waals surface area contributed by atoms with Crippen LogP contribution in [0.5, 0.6) is 0 Å². The Morgan fingerprint density at radius 1 is 1.38 bits per heavy atom. The second-order valence-electron chi connectivity index (χ2n) is 6.03. The fraction of sp³-hybridized carbons (Fsp3) is 0.353. The van der Waals surface area contributed by atoms with Gasteiger partial charge in [-0.25, -0.2) is 9.37 Å². The van der Waals surface area contributed by atoms with E-state index in [1.165, 1.54) is 18.9 Å². The molecule has 0 spiro atoms. The first kappa shape index (κ1) is 15.4. The number of hydrogen-bond acceptors (Lipinski definition) is 5. The molecule has 0 saturated heterocycles. The van der Waals surface area contributed by atoms with E-state index in [0.29, 0.717) is 28.9 Å². The Morgan fingerprint density at radius 3 is 2.96 bits per heavy atom. The smallest absolute Gasteiger partial charge is 0.240 e. The Bertz CT molecular complexity index is 871. The SMILES string of the molecule is Cc1ccc(-c2noc(C(C)Sc3nccn3C3CC3)n2)cc1F. The first-order valence-corrected chi connectivity index (χ1v) is 8.79. The summed E-state index contributed by atoms with van der Waals surface area (Å²) >= 11 is 1.59. The van der Waals surface area contributed by atoms with Crippen LogP contribution >= 0.6 is 11.8 Å². The molecular formula is C17H17FN4OS. The van der Waals surface area contributed by atoms with Crippen molar-refractivity contribution in [3.8, 4) is 11.4 Å². The minimum absolute atomic E-state index is 0.0264. The molecule has 24 heavy (non-hydrogen) atoms. The predicted octanol–water partition coefficient (Wildman–Crippen LogP) is 4.57. The lowest BCUT2D eigenvalue weighted by atomic mass is 10.1. The van der Waals surface area contributed by atoms with E-state index >= 15 is 0 Å². The fourth-order valence-electron chi connectivity index (χ4n) is 2.48. The van der Waals surface area contributed by atoms with Crippen LogP contribution in [0.1, 0.15) is 42.5 Å². The number of thioether (sulfide) groups is 1. The van der Waals surface area contributed by atoms with Crippen molar-refractivity contribution in [1.29, 1.82) is 0 Å². The van der Waals surface area contributed by atoms with Gasteiger partial charge in [0, 0.05) is 24.0 Å². The van der Waals surface area contributed by atoms with Crippen LogP contribution in [0.4, 0.5) is 4.39 Å². The monoisotopic (exact) mass is 344 g/mol. The van der Waals surface area contributed by atoms with Crippen molar-refractivity contribution in [3.05, 3.63) is 47.9 Å². The number of halogens is 1. The van der Waals surface area contributed by atoms with Gasteiger partial charge >= 0.3 is 0 Å². The van der Waals surface area contributed by atoms with Gasteiger partial charge in [0.05, 0.1) is 5.25 Å². The number of aryl methyl sites for hydroxylation is 1. The molecule has 1 fully saturated rings. The molecule has 2 heterocycles. The zero-order valence-electron chi connectivity index (χ0n) is 13.4. The van der Waals surface area contributed by atoms with Crippen LogP contribution in [0.25, 0.3) is 11.4 Å². The van der Waals surface area contributed by atoms with Crippen LogP contribution < -0.4 is 0 Å². The summed E-state index contributed by atoms with van der Waals surface area (Å²) < 4.78 is 21.3. The second kappa shape index (κ2) is 6.05. The summed E-state index contributed by atoms with van der Waals surface area (Å²) in [5.74, 6) is 0.649. The number of aromatic nitrogens is 4. The minimum atomic E-state index is -0.271. The van der Waals surface area contributed by atoms with Crippen LogP contribution in [0.3, 0.4) is 0 Å². The van der Waals surface area contributed by atoms with E-state index in [-0.39, 0.29) is 11.1 Å². The van der Waals surface area contributed by atoms with E-state index in [9.17, 15) is 4.39 Å². The van der Waals surface area contributed by atoms with Crippen molar-refractivity contribution in [2.45, 2.75) is 43.1 Å². The fourth-order valence-corrected chi connectivity index (χ4v) is 3.45. The molecule has 1 saturated carbocycles. The average Bonchev–Trinajstić information content (AvgIpc) is 3.10. The number of hydrogen-bond donors (Lipinski definition) is 0. The zero-order chi connectivity index (χ0) is 16.7. The van der Waals surface area contributed by atoms with Gasteiger partial charge < -0.3 is 9.09 Å². The van der Waals surface area contributed by atoms with Gasteiger partial charge in [0.25, 0.3) is 0 Å². The van der Waals surface area contributed by atoms with Crippen LogP contribution in [-0.4, -0.2) is 19.7 Å². The van der Waals surface area contributed by atoms with E-state index in [0.717, 1.165) is 5.16 Å². The first-order chi connectivity index (χ1) is 11.6. The van der Waals surface area contributed by atoms with Crippen molar-refractivity contribution in [2.75, 3.05) is 0 Å². The minimum Gasteiger partial charge on any atom is -0.338 e. The average molecular weight is 344 g/mol. The van der Waals surface area contributed by atoms with E-state index in [2.05, 4.69) is 19.7 Å². The third-order valence-corrected chi connectivity index (χ3v) is 5.16. The second-order valence-corrected chi connectivity index (χ2v) is 7.34. The molecule has 0 N–H and O–H groups in total.